The van der Waals surface area contributed by atoms with Gasteiger partial charge in [0.25, 0.3) is 0 Å². The van der Waals surface area contributed by atoms with Crippen molar-refractivity contribution in [1.82, 2.24) is 10.0 Å². The van der Waals surface area contributed by atoms with E-state index in [4.69, 9.17) is 4.74 Å². The highest BCUT2D eigenvalue weighted by Crippen LogP contribution is 2.33. The summed E-state index contributed by atoms with van der Waals surface area (Å²) in [5.74, 6) is -0.374. The maximum Gasteiger partial charge on any atom is 0.323 e. The minimum absolute atomic E-state index is 0.0407. The third-order valence-electron chi connectivity index (χ3n) is 5.34. The van der Waals surface area contributed by atoms with Crippen LogP contribution in [0.5, 0.6) is 5.75 Å². The lowest BCUT2D eigenvalue weighted by Crippen LogP contribution is -2.44. The molecule has 36 heavy (non-hydrogen) atoms. The largest absolute Gasteiger partial charge is 0.497 e. The number of methoxy groups -OCH3 is 1. The number of hydrogen-bond donors (Lipinski definition) is 3. The van der Waals surface area contributed by atoms with Crippen LogP contribution in [-0.4, -0.2) is 50.9 Å². The molecule has 0 fully saturated rings. The molecule has 2 atom stereocenters. The second-order valence-electron chi connectivity index (χ2n) is 7.88. The van der Waals surface area contributed by atoms with Gasteiger partial charge in [-0.3, -0.25) is 9.59 Å². The number of rotatable bonds is 12. The summed E-state index contributed by atoms with van der Waals surface area (Å²) in [7, 11) is -2.57. The van der Waals surface area contributed by atoms with Crippen molar-refractivity contribution in [2.75, 3.05) is 19.4 Å². The summed E-state index contributed by atoms with van der Waals surface area (Å²) in [5.41, 5.74) is 2.35. The normalized spacial score (nSPS) is 12.9. The smallest absolute Gasteiger partial charge is 0.323 e. The van der Waals surface area contributed by atoms with Crippen LogP contribution in [0.3, 0.4) is 0 Å². The Morgan fingerprint density at radius 2 is 1.53 bits per heavy atom. The number of amides is 1. The fourth-order valence-corrected chi connectivity index (χ4v) is 6.02. The maximum absolute atomic E-state index is 13.2. The summed E-state index contributed by atoms with van der Waals surface area (Å²) in [5, 5.41) is 11.9. The molecule has 10 heteroatoms. The van der Waals surface area contributed by atoms with Crippen molar-refractivity contribution >= 4 is 33.7 Å². The lowest BCUT2D eigenvalue weighted by molar-refractivity contribution is -0.139. The minimum atomic E-state index is -4.15. The molecule has 0 aliphatic heterocycles. The molecule has 0 heterocycles. The van der Waals surface area contributed by atoms with E-state index in [2.05, 4.69) is 10.0 Å². The predicted molar refractivity (Wildman–Crippen MR) is 140 cm³/mol. The monoisotopic (exact) mass is 528 g/mol. The molecule has 0 spiro atoms. The second kappa shape index (κ2) is 12.6. The van der Waals surface area contributed by atoms with Crippen molar-refractivity contribution in [2.24, 2.45) is 0 Å². The predicted octanol–water partition coefficient (Wildman–Crippen LogP) is 3.70. The fraction of sp³-hybridized carbons (Fsp3) is 0.231. The zero-order chi connectivity index (χ0) is 26.1. The molecule has 0 unspecified atom stereocenters. The van der Waals surface area contributed by atoms with Crippen molar-refractivity contribution < 1.29 is 27.9 Å². The van der Waals surface area contributed by atoms with E-state index in [1.165, 1.54) is 30.8 Å². The number of carbonyl (C=O) groups is 2. The zero-order valence-corrected chi connectivity index (χ0v) is 21.5. The first kappa shape index (κ1) is 27.3. The number of ether oxygens (including phenoxy) is 1. The molecular formula is C26H28N2O6S2. The average Bonchev–Trinajstić information content (AvgIpc) is 2.88. The molecule has 3 aromatic carbocycles. The van der Waals surface area contributed by atoms with Gasteiger partial charge in [-0.2, -0.15) is 4.72 Å². The Kier molecular flexibility index (Phi) is 9.51. The highest BCUT2D eigenvalue weighted by Gasteiger charge is 2.34. The van der Waals surface area contributed by atoms with E-state index in [1.54, 1.807) is 49.6 Å². The first-order valence-electron chi connectivity index (χ1n) is 11.1. The van der Waals surface area contributed by atoms with E-state index in [0.29, 0.717) is 23.6 Å². The van der Waals surface area contributed by atoms with E-state index < -0.39 is 27.3 Å². The van der Waals surface area contributed by atoms with Crippen LogP contribution in [0.1, 0.15) is 17.7 Å². The summed E-state index contributed by atoms with van der Waals surface area (Å²) in [4.78, 5) is 23.4. The molecule has 3 aromatic rings. The van der Waals surface area contributed by atoms with Gasteiger partial charge in [0, 0.05) is 19.2 Å². The third kappa shape index (κ3) is 7.33. The molecule has 8 nitrogen and oxygen atoms in total. The van der Waals surface area contributed by atoms with Crippen LogP contribution in [0.2, 0.25) is 0 Å². The molecule has 0 aliphatic carbocycles. The van der Waals surface area contributed by atoms with Gasteiger partial charge < -0.3 is 15.2 Å². The van der Waals surface area contributed by atoms with Crippen molar-refractivity contribution in [3.63, 3.8) is 0 Å². The Labute approximate surface area is 215 Å². The first-order valence-corrected chi connectivity index (χ1v) is 13.6. The summed E-state index contributed by atoms with van der Waals surface area (Å²) >= 11 is 1.26. The van der Waals surface area contributed by atoms with Gasteiger partial charge in [0.2, 0.25) is 15.9 Å². The van der Waals surface area contributed by atoms with E-state index in [1.807, 2.05) is 24.3 Å². The molecule has 3 N–H and O–H groups in total. The van der Waals surface area contributed by atoms with Crippen LogP contribution >= 0.6 is 11.8 Å². The van der Waals surface area contributed by atoms with Crippen molar-refractivity contribution in [3.05, 3.63) is 84.4 Å². The van der Waals surface area contributed by atoms with Crippen molar-refractivity contribution in [1.29, 1.82) is 0 Å². The van der Waals surface area contributed by atoms with Crippen LogP contribution in [0.25, 0.3) is 11.1 Å². The molecule has 3 rings (SSSR count). The van der Waals surface area contributed by atoms with Crippen LogP contribution in [-0.2, 0) is 19.6 Å². The van der Waals surface area contributed by atoms with Gasteiger partial charge in [-0.1, -0.05) is 54.6 Å². The second-order valence-corrected chi connectivity index (χ2v) is 10.8. The number of carboxylic acids is 1. The van der Waals surface area contributed by atoms with E-state index in [-0.39, 0.29) is 10.8 Å². The highest BCUT2D eigenvalue weighted by atomic mass is 32.2. The van der Waals surface area contributed by atoms with Gasteiger partial charge in [0.1, 0.15) is 11.8 Å². The minimum Gasteiger partial charge on any atom is -0.497 e. The van der Waals surface area contributed by atoms with E-state index >= 15 is 0 Å². The number of carbonyl (C=O) groups excluding carboxylic acids is 1. The number of carboxylic acid groups (broad SMARTS) is 1. The molecule has 0 saturated carbocycles. The Bertz CT molecular complexity index is 1260. The standard InChI is InChI=1S/C26H28N2O6S2/c1-18(29)27-16-17-35-25(21-6-4-3-5-7-21)24(26(30)31)28-36(32,33)23-14-10-20(11-15-23)19-8-12-22(34-2)13-9-19/h3-15,24-25,28H,16-17H2,1-2H3,(H,27,29)(H,30,31)/t24-,25-/m1/s1. The fourth-order valence-electron chi connectivity index (χ4n) is 3.53. The number of hydrogen-bond acceptors (Lipinski definition) is 6. The maximum atomic E-state index is 13.2. The molecule has 0 saturated heterocycles. The molecular weight excluding hydrogens is 500 g/mol. The number of sulfonamides is 1. The third-order valence-corrected chi connectivity index (χ3v) is 8.14. The van der Waals surface area contributed by atoms with Gasteiger partial charge in [0.05, 0.1) is 17.3 Å². The number of thioether (sulfide) groups is 1. The number of benzene rings is 3. The molecule has 0 aromatic heterocycles. The van der Waals surface area contributed by atoms with E-state index in [9.17, 15) is 23.1 Å². The summed E-state index contributed by atoms with van der Waals surface area (Å²) in [6.45, 7) is 1.72. The highest BCUT2D eigenvalue weighted by molar-refractivity contribution is 7.99. The van der Waals surface area contributed by atoms with Crippen molar-refractivity contribution in [3.8, 4) is 16.9 Å². The topological polar surface area (TPSA) is 122 Å². The van der Waals surface area contributed by atoms with Crippen LogP contribution in [0.15, 0.2) is 83.8 Å². The molecule has 0 bridgehead atoms. The zero-order valence-electron chi connectivity index (χ0n) is 19.9. The Morgan fingerprint density at radius 1 is 0.944 bits per heavy atom. The van der Waals surface area contributed by atoms with Gasteiger partial charge >= 0.3 is 5.97 Å². The lowest BCUT2D eigenvalue weighted by Gasteiger charge is -2.25. The molecule has 0 aliphatic rings. The summed E-state index contributed by atoms with van der Waals surface area (Å²) < 4.78 is 33.9. The Morgan fingerprint density at radius 3 is 2.06 bits per heavy atom. The van der Waals surface area contributed by atoms with Gasteiger partial charge in [0.15, 0.2) is 0 Å². The van der Waals surface area contributed by atoms with Gasteiger partial charge in [-0.05, 0) is 41.0 Å². The molecule has 190 valence electrons. The Hall–Kier alpha value is -3.34. The number of aliphatic carboxylic acids is 1. The summed E-state index contributed by atoms with van der Waals surface area (Å²) in [6.07, 6.45) is 0. The lowest BCUT2D eigenvalue weighted by atomic mass is 10.1. The van der Waals surface area contributed by atoms with Crippen LogP contribution in [0.4, 0.5) is 0 Å². The van der Waals surface area contributed by atoms with Crippen molar-refractivity contribution in [2.45, 2.75) is 23.1 Å². The van der Waals surface area contributed by atoms with Crippen LogP contribution < -0.4 is 14.8 Å². The SMILES string of the molecule is COc1ccc(-c2ccc(S(=O)(=O)N[C@@H](C(=O)O)[C@H](SCCNC(C)=O)c3ccccc3)cc2)cc1. The quantitative estimate of drug-likeness (QED) is 0.307. The number of nitrogens with one attached hydrogen (secondary N) is 2. The Balaban J connectivity index is 1.82. The first-order chi connectivity index (χ1) is 17.2. The average molecular weight is 529 g/mol. The van der Waals surface area contributed by atoms with Gasteiger partial charge in [-0.25, -0.2) is 8.42 Å². The van der Waals surface area contributed by atoms with Crippen LogP contribution in [0, 0.1) is 0 Å². The van der Waals surface area contributed by atoms with Gasteiger partial charge in [-0.15, -0.1) is 11.8 Å². The van der Waals surface area contributed by atoms with E-state index in [0.717, 1.165) is 11.1 Å². The summed E-state index contributed by atoms with van der Waals surface area (Å²) in [6, 6.07) is 21.0. The molecule has 0 radical (unpaired) electrons. The molecule has 1 amide bonds.